The predicted molar refractivity (Wildman–Crippen MR) is 64.2 cm³/mol. The lowest BCUT2D eigenvalue weighted by atomic mass is 10.1. The van der Waals surface area contributed by atoms with E-state index in [9.17, 15) is 4.79 Å². The number of hydrogen-bond acceptors (Lipinski definition) is 3. The van der Waals surface area contributed by atoms with Crippen LogP contribution >= 0.6 is 0 Å². The van der Waals surface area contributed by atoms with Gasteiger partial charge in [0, 0.05) is 12.4 Å². The lowest BCUT2D eigenvalue weighted by molar-refractivity contribution is 0.0964. The van der Waals surface area contributed by atoms with Crippen molar-refractivity contribution in [1.82, 2.24) is 9.78 Å². The summed E-state index contributed by atoms with van der Waals surface area (Å²) in [4.78, 5) is 12.1. The maximum atomic E-state index is 12.1. The van der Waals surface area contributed by atoms with Crippen LogP contribution in [-0.4, -0.2) is 22.2 Å². The average molecular weight is 230 g/mol. The third-order valence-corrected chi connectivity index (χ3v) is 2.35. The molecule has 88 valence electrons. The van der Waals surface area contributed by atoms with Gasteiger partial charge in [0.25, 0.3) is 0 Å². The molecule has 0 saturated heterocycles. The van der Waals surface area contributed by atoms with Gasteiger partial charge in [-0.15, -0.1) is 0 Å². The molecule has 0 amide bonds. The van der Waals surface area contributed by atoms with E-state index in [4.69, 9.17) is 4.74 Å². The highest BCUT2D eigenvalue weighted by atomic mass is 16.5. The van der Waals surface area contributed by atoms with Crippen molar-refractivity contribution in [3.8, 4) is 5.75 Å². The fraction of sp³-hybridized carbons (Fsp3) is 0.231. The lowest BCUT2D eigenvalue weighted by Crippen LogP contribution is -2.12. The molecular weight excluding hydrogens is 216 g/mol. The molecule has 0 spiro atoms. The van der Waals surface area contributed by atoms with E-state index < -0.39 is 0 Å². The fourth-order valence-electron chi connectivity index (χ4n) is 1.60. The van der Waals surface area contributed by atoms with E-state index in [1.807, 2.05) is 19.1 Å². The number of hydrogen-bond donors (Lipinski definition) is 0. The minimum atomic E-state index is -0.00208. The second-order valence-corrected chi connectivity index (χ2v) is 3.56. The largest absolute Gasteiger partial charge is 0.493 e. The Morgan fingerprint density at radius 1 is 1.35 bits per heavy atom. The van der Waals surface area contributed by atoms with E-state index in [1.165, 1.54) is 0 Å². The molecule has 2 aromatic rings. The Labute approximate surface area is 99.8 Å². The minimum absolute atomic E-state index is 0.00208. The summed E-state index contributed by atoms with van der Waals surface area (Å²) in [7, 11) is 0. The molecule has 2 rings (SSSR count). The first-order valence-corrected chi connectivity index (χ1v) is 5.53. The Morgan fingerprint density at radius 3 is 2.88 bits per heavy atom. The number of benzene rings is 1. The van der Waals surface area contributed by atoms with Crippen LogP contribution in [0.1, 0.15) is 17.3 Å². The van der Waals surface area contributed by atoms with Crippen molar-refractivity contribution in [1.29, 1.82) is 0 Å². The number of carbonyl (C=O) groups is 1. The maximum Gasteiger partial charge on any atom is 0.187 e. The molecule has 0 aliphatic carbocycles. The third-order valence-electron chi connectivity index (χ3n) is 2.35. The van der Waals surface area contributed by atoms with Crippen molar-refractivity contribution >= 4 is 5.78 Å². The SMILES string of the molecule is CCOc1ccccc1C(=O)Cn1cccn1. The van der Waals surface area contributed by atoms with Gasteiger partial charge in [-0.05, 0) is 25.1 Å². The Morgan fingerprint density at radius 2 is 2.18 bits per heavy atom. The number of Topliss-reactive ketones (excluding diaryl/α,β-unsaturated/α-hetero) is 1. The van der Waals surface area contributed by atoms with Crippen LogP contribution in [0.2, 0.25) is 0 Å². The van der Waals surface area contributed by atoms with Gasteiger partial charge in [0.2, 0.25) is 0 Å². The van der Waals surface area contributed by atoms with Crippen LogP contribution in [0.4, 0.5) is 0 Å². The highest BCUT2D eigenvalue weighted by Gasteiger charge is 2.12. The lowest BCUT2D eigenvalue weighted by Gasteiger charge is -2.08. The topological polar surface area (TPSA) is 44.1 Å². The first-order valence-electron chi connectivity index (χ1n) is 5.53. The molecule has 0 saturated carbocycles. The van der Waals surface area contributed by atoms with Gasteiger partial charge in [-0.1, -0.05) is 12.1 Å². The zero-order valence-corrected chi connectivity index (χ0v) is 9.67. The van der Waals surface area contributed by atoms with Gasteiger partial charge in [-0.25, -0.2) is 0 Å². The quantitative estimate of drug-likeness (QED) is 0.739. The number of ketones is 1. The number of rotatable bonds is 5. The molecule has 1 aromatic carbocycles. The molecule has 1 heterocycles. The first kappa shape index (κ1) is 11.4. The van der Waals surface area contributed by atoms with Crippen molar-refractivity contribution in [3.05, 3.63) is 48.3 Å². The van der Waals surface area contributed by atoms with Gasteiger partial charge in [0.1, 0.15) is 12.3 Å². The molecular formula is C13H14N2O2. The highest BCUT2D eigenvalue weighted by molar-refractivity contribution is 5.98. The Kier molecular flexibility index (Phi) is 3.55. The molecule has 4 nitrogen and oxygen atoms in total. The molecule has 0 unspecified atom stereocenters. The summed E-state index contributed by atoms with van der Waals surface area (Å²) in [5.41, 5.74) is 0.602. The van der Waals surface area contributed by atoms with Gasteiger partial charge in [-0.3, -0.25) is 9.48 Å². The van der Waals surface area contributed by atoms with Crippen LogP contribution in [0, 0.1) is 0 Å². The molecule has 0 bridgehead atoms. The van der Waals surface area contributed by atoms with Crippen LogP contribution in [0.5, 0.6) is 5.75 Å². The molecule has 0 radical (unpaired) electrons. The highest BCUT2D eigenvalue weighted by Crippen LogP contribution is 2.18. The van der Waals surface area contributed by atoms with Gasteiger partial charge in [0.05, 0.1) is 12.2 Å². The van der Waals surface area contributed by atoms with E-state index in [1.54, 1.807) is 35.3 Å². The Balaban J connectivity index is 2.18. The smallest absolute Gasteiger partial charge is 0.187 e. The van der Waals surface area contributed by atoms with Crippen molar-refractivity contribution in [2.45, 2.75) is 13.5 Å². The Bertz CT molecular complexity index is 492. The summed E-state index contributed by atoms with van der Waals surface area (Å²) < 4.78 is 7.03. The average Bonchev–Trinajstić information content (AvgIpc) is 2.83. The number of para-hydroxylation sites is 1. The number of carbonyl (C=O) groups excluding carboxylic acids is 1. The van der Waals surface area contributed by atoms with Crippen LogP contribution in [-0.2, 0) is 6.54 Å². The molecule has 0 N–H and O–H groups in total. The summed E-state index contributed by atoms with van der Waals surface area (Å²) in [6, 6.07) is 9.06. The van der Waals surface area contributed by atoms with Crippen LogP contribution in [0.3, 0.4) is 0 Å². The van der Waals surface area contributed by atoms with Crippen LogP contribution < -0.4 is 4.74 Å². The molecule has 4 heteroatoms. The summed E-state index contributed by atoms with van der Waals surface area (Å²) >= 11 is 0. The minimum Gasteiger partial charge on any atom is -0.493 e. The second kappa shape index (κ2) is 5.30. The molecule has 1 aromatic heterocycles. The molecule has 17 heavy (non-hydrogen) atoms. The zero-order valence-electron chi connectivity index (χ0n) is 9.67. The van der Waals surface area contributed by atoms with Crippen molar-refractivity contribution < 1.29 is 9.53 Å². The number of aromatic nitrogens is 2. The normalized spacial score (nSPS) is 10.2. The number of nitrogens with zero attached hydrogens (tertiary/aromatic N) is 2. The monoisotopic (exact) mass is 230 g/mol. The number of ether oxygens (including phenoxy) is 1. The van der Waals surface area contributed by atoms with E-state index >= 15 is 0 Å². The summed E-state index contributed by atoms with van der Waals surface area (Å²) in [6.45, 7) is 2.68. The van der Waals surface area contributed by atoms with Gasteiger partial charge < -0.3 is 4.74 Å². The van der Waals surface area contributed by atoms with E-state index in [2.05, 4.69) is 5.10 Å². The second-order valence-electron chi connectivity index (χ2n) is 3.56. The van der Waals surface area contributed by atoms with Gasteiger partial charge in [0.15, 0.2) is 5.78 Å². The van der Waals surface area contributed by atoms with Crippen LogP contribution in [0.25, 0.3) is 0 Å². The summed E-state index contributed by atoms with van der Waals surface area (Å²) in [5.74, 6) is 0.630. The third kappa shape index (κ3) is 2.72. The van der Waals surface area contributed by atoms with Crippen LogP contribution in [0.15, 0.2) is 42.7 Å². The van der Waals surface area contributed by atoms with Crippen molar-refractivity contribution in [3.63, 3.8) is 0 Å². The molecule has 0 atom stereocenters. The first-order chi connectivity index (χ1) is 8.31. The standard InChI is InChI=1S/C13H14N2O2/c1-2-17-13-7-4-3-6-11(13)12(16)10-15-9-5-8-14-15/h3-9H,2,10H2,1H3. The molecule has 0 aliphatic rings. The van der Waals surface area contributed by atoms with Crippen molar-refractivity contribution in [2.24, 2.45) is 0 Å². The molecule has 0 aliphatic heterocycles. The molecule has 0 fully saturated rings. The maximum absolute atomic E-state index is 12.1. The van der Waals surface area contributed by atoms with Gasteiger partial charge in [-0.2, -0.15) is 5.10 Å². The van der Waals surface area contributed by atoms with Crippen molar-refractivity contribution in [2.75, 3.05) is 6.61 Å². The fourth-order valence-corrected chi connectivity index (χ4v) is 1.60. The van der Waals surface area contributed by atoms with E-state index in [0.29, 0.717) is 17.9 Å². The van der Waals surface area contributed by atoms with Gasteiger partial charge >= 0.3 is 0 Å². The Hall–Kier alpha value is -2.10. The van der Waals surface area contributed by atoms with E-state index in [0.717, 1.165) is 0 Å². The predicted octanol–water partition coefficient (Wildman–Crippen LogP) is 2.16. The van der Waals surface area contributed by atoms with E-state index in [-0.39, 0.29) is 12.3 Å². The summed E-state index contributed by atoms with van der Waals surface area (Å²) in [6.07, 6.45) is 3.42. The zero-order chi connectivity index (χ0) is 12.1. The summed E-state index contributed by atoms with van der Waals surface area (Å²) in [5, 5.41) is 4.01.